The van der Waals surface area contributed by atoms with E-state index in [4.69, 9.17) is 4.42 Å². The number of amides is 1. The number of aromatic nitrogens is 2. The van der Waals surface area contributed by atoms with Gasteiger partial charge in [0.05, 0.1) is 25.0 Å². The lowest BCUT2D eigenvalue weighted by Gasteiger charge is -2.11. The number of hydrogen-bond acceptors (Lipinski definition) is 4. The van der Waals surface area contributed by atoms with Crippen LogP contribution in [0.25, 0.3) is 0 Å². The molecule has 2 aromatic heterocycles. The summed E-state index contributed by atoms with van der Waals surface area (Å²) in [4.78, 5) is 14.7. The largest absolute Gasteiger partial charge is 0.455 e. The molecular weight excluding hydrogens is 347 g/mol. The van der Waals surface area contributed by atoms with Gasteiger partial charge in [0.15, 0.2) is 5.76 Å². The van der Waals surface area contributed by atoms with Crippen molar-refractivity contribution in [3.8, 4) is 0 Å². The summed E-state index contributed by atoms with van der Waals surface area (Å²) in [6, 6.07) is 10.1. The van der Waals surface area contributed by atoms with Crippen molar-refractivity contribution in [2.45, 2.75) is 25.9 Å². The second-order valence-electron chi connectivity index (χ2n) is 6.72. The van der Waals surface area contributed by atoms with Crippen LogP contribution in [0.4, 0.5) is 10.1 Å². The van der Waals surface area contributed by atoms with E-state index in [2.05, 4.69) is 15.3 Å². The molecule has 1 aromatic carbocycles. The molecule has 1 amide bonds. The topological polar surface area (TPSA) is 63.3 Å². The molecule has 0 saturated carbocycles. The highest BCUT2D eigenvalue weighted by Gasteiger charge is 2.16. The number of rotatable bonds is 6. The number of furan rings is 1. The summed E-state index contributed by atoms with van der Waals surface area (Å²) >= 11 is 0. The molecule has 0 bridgehead atoms. The van der Waals surface area contributed by atoms with E-state index in [1.807, 2.05) is 6.07 Å². The minimum absolute atomic E-state index is 0.269. The second kappa shape index (κ2) is 7.75. The molecule has 0 aliphatic carbocycles. The first-order chi connectivity index (χ1) is 13.2. The molecule has 0 radical (unpaired) electrons. The number of nitrogens with zero attached hydrogens (tertiary/aromatic N) is 3. The molecule has 1 aliphatic heterocycles. The van der Waals surface area contributed by atoms with Gasteiger partial charge in [0.1, 0.15) is 11.6 Å². The molecule has 3 aromatic rings. The summed E-state index contributed by atoms with van der Waals surface area (Å²) in [7, 11) is 0. The summed E-state index contributed by atoms with van der Waals surface area (Å²) in [6.45, 7) is 3.17. The summed E-state index contributed by atoms with van der Waals surface area (Å²) in [6.07, 6.45) is 5.63. The SMILES string of the molecule is O=C(Nc1cnn(Cc2ccccc2F)c1)c1ccc(CN2CCCC2)o1. The van der Waals surface area contributed by atoms with Crippen LogP contribution in [0.2, 0.25) is 0 Å². The van der Waals surface area contributed by atoms with E-state index in [0.717, 1.165) is 25.4 Å². The number of carbonyl (C=O) groups is 1. The minimum Gasteiger partial charge on any atom is -0.455 e. The molecule has 27 heavy (non-hydrogen) atoms. The lowest BCUT2D eigenvalue weighted by atomic mass is 10.2. The molecule has 4 rings (SSSR count). The average Bonchev–Trinajstić information content (AvgIpc) is 3.40. The van der Waals surface area contributed by atoms with Crippen molar-refractivity contribution >= 4 is 11.6 Å². The highest BCUT2D eigenvalue weighted by atomic mass is 19.1. The highest BCUT2D eigenvalue weighted by Crippen LogP contribution is 2.17. The van der Waals surface area contributed by atoms with Gasteiger partial charge < -0.3 is 9.73 Å². The van der Waals surface area contributed by atoms with Crippen molar-refractivity contribution in [1.29, 1.82) is 0 Å². The Kier molecular flexibility index (Phi) is 5.02. The molecule has 3 heterocycles. The van der Waals surface area contributed by atoms with Gasteiger partial charge in [0.2, 0.25) is 0 Å². The monoisotopic (exact) mass is 368 g/mol. The lowest BCUT2D eigenvalue weighted by molar-refractivity contribution is 0.0993. The third-order valence-corrected chi connectivity index (χ3v) is 4.64. The smallest absolute Gasteiger partial charge is 0.291 e. The van der Waals surface area contributed by atoms with E-state index < -0.39 is 0 Å². The summed E-state index contributed by atoms with van der Waals surface area (Å²) in [5.41, 5.74) is 1.07. The lowest BCUT2D eigenvalue weighted by Crippen LogP contribution is -2.17. The second-order valence-corrected chi connectivity index (χ2v) is 6.72. The Labute approximate surface area is 156 Å². The third-order valence-electron chi connectivity index (χ3n) is 4.64. The fourth-order valence-electron chi connectivity index (χ4n) is 3.25. The maximum Gasteiger partial charge on any atom is 0.291 e. The van der Waals surface area contributed by atoms with E-state index in [1.165, 1.54) is 25.1 Å². The molecule has 6 nitrogen and oxygen atoms in total. The van der Waals surface area contributed by atoms with Crippen LogP contribution in [0.15, 0.2) is 53.2 Å². The van der Waals surface area contributed by atoms with Crippen molar-refractivity contribution in [3.63, 3.8) is 0 Å². The minimum atomic E-state index is -0.326. The zero-order valence-corrected chi connectivity index (χ0v) is 14.9. The first kappa shape index (κ1) is 17.5. The Balaban J connectivity index is 1.36. The Morgan fingerprint density at radius 2 is 1.96 bits per heavy atom. The Morgan fingerprint density at radius 3 is 2.78 bits per heavy atom. The van der Waals surface area contributed by atoms with Crippen LogP contribution in [0.5, 0.6) is 0 Å². The molecule has 0 unspecified atom stereocenters. The van der Waals surface area contributed by atoms with Crippen LogP contribution in [0.1, 0.15) is 34.7 Å². The predicted molar refractivity (Wildman–Crippen MR) is 98.9 cm³/mol. The van der Waals surface area contributed by atoms with Crippen LogP contribution in [0, 0.1) is 5.82 Å². The first-order valence-electron chi connectivity index (χ1n) is 9.06. The molecule has 7 heteroatoms. The molecule has 1 saturated heterocycles. The predicted octanol–water partition coefficient (Wildman–Crippen LogP) is 3.51. The van der Waals surface area contributed by atoms with Gasteiger partial charge in [-0.05, 0) is 44.1 Å². The van der Waals surface area contributed by atoms with Crippen molar-refractivity contribution in [1.82, 2.24) is 14.7 Å². The zero-order chi connectivity index (χ0) is 18.6. The normalized spacial score (nSPS) is 14.6. The first-order valence-corrected chi connectivity index (χ1v) is 9.06. The van der Waals surface area contributed by atoms with Gasteiger partial charge in [0, 0.05) is 11.8 Å². The van der Waals surface area contributed by atoms with Crippen molar-refractivity contribution in [2.24, 2.45) is 0 Å². The van der Waals surface area contributed by atoms with Crippen LogP contribution >= 0.6 is 0 Å². The fraction of sp³-hybridized carbons (Fsp3) is 0.300. The van der Waals surface area contributed by atoms with Gasteiger partial charge in [-0.2, -0.15) is 5.10 Å². The maximum absolute atomic E-state index is 13.7. The van der Waals surface area contributed by atoms with E-state index in [0.29, 0.717) is 17.8 Å². The van der Waals surface area contributed by atoms with Gasteiger partial charge >= 0.3 is 0 Å². The van der Waals surface area contributed by atoms with Crippen LogP contribution < -0.4 is 5.32 Å². The zero-order valence-electron chi connectivity index (χ0n) is 14.9. The number of nitrogens with one attached hydrogen (secondary N) is 1. The maximum atomic E-state index is 13.7. The quantitative estimate of drug-likeness (QED) is 0.723. The fourth-order valence-corrected chi connectivity index (χ4v) is 3.25. The van der Waals surface area contributed by atoms with Crippen molar-refractivity contribution < 1.29 is 13.6 Å². The molecule has 1 N–H and O–H groups in total. The highest BCUT2D eigenvalue weighted by molar-refractivity contribution is 6.02. The number of anilines is 1. The Hall–Kier alpha value is -2.93. The number of hydrogen-bond donors (Lipinski definition) is 1. The number of benzene rings is 1. The standard InChI is InChI=1S/C20H21FN4O2/c21-18-6-2-1-5-15(18)12-25-13-16(11-22-25)23-20(26)19-8-7-17(27-19)14-24-9-3-4-10-24/h1-2,5-8,11,13H,3-4,9-10,12,14H2,(H,23,26). The number of halogens is 1. The van der Waals surface area contributed by atoms with Crippen LogP contribution in [-0.4, -0.2) is 33.7 Å². The van der Waals surface area contributed by atoms with E-state index in [1.54, 1.807) is 35.1 Å². The van der Waals surface area contributed by atoms with E-state index in [9.17, 15) is 9.18 Å². The van der Waals surface area contributed by atoms with Gasteiger partial charge in [-0.25, -0.2) is 4.39 Å². The molecular formula is C20H21FN4O2. The van der Waals surface area contributed by atoms with Crippen molar-refractivity contribution in [2.75, 3.05) is 18.4 Å². The van der Waals surface area contributed by atoms with Gasteiger partial charge in [0.25, 0.3) is 5.91 Å². The summed E-state index contributed by atoms with van der Waals surface area (Å²) in [5, 5.41) is 6.93. The number of carbonyl (C=O) groups excluding carboxylic acids is 1. The molecule has 0 spiro atoms. The average molecular weight is 368 g/mol. The van der Waals surface area contributed by atoms with Crippen LogP contribution in [-0.2, 0) is 13.1 Å². The Morgan fingerprint density at radius 1 is 1.15 bits per heavy atom. The Bertz CT molecular complexity index is 927. The molecule has 1 fully saturated rings. The molecule has 140 valence electrons. The van der Waals surface area contributed by atoms with E-state index >= 15 is 0 Å². The van der Waals surface area contributed by atoms with Crippen LogP contribution in [0.3, 0.4) is 0 Å². The summed E-state index contributed by atoms with van der Waals surface area (Å²) < 4.78 is 21.0. The molecule has 1 aliphatic rings. The number of likely N-dealkylation sites (tertiary alicyclic amines) is 1. The van der Waals surface area contributed by atoms with Gasteiger partial charge in [-0.3, -0.25) is 14.4 Å². The van der Waals surface area contributed by atoms with Crippen molar-refractivity contribution in [3.05, 3.63) is 71.7 Å². The van der Waals surface area contributed by atoms with Gasteiger partial charge in [-0.1, -0.05) is 18.2 Å². The third kappa shape index (κ3) is 4.25. The van der Waals surface area contributed by atoms with Gasteiger partial charge in [-0.15, -0.1) is 0 Å². The molecule has 0 atom stereocenters. The van der Waals surface area contributed by atoms with E-state index in [-0.39, 0.29) is 17.5 Å². The summed E-state index contributed by atoms with van der Waals surface area (Å²) in [5.74, 6) is 0.455.